The monoisotopic (exact) mass is 311 g/mol. The molecule has 1 aromatic heterocycles. The molecule has 0 bridgehead atoms. The Kier molecular flexibility index (Phi) is 4.14. The Morgan fingerprint density at radius 2 is 1.96 bits per heavy atom. The average Bonchev–Trinajstić information content (AvgIpc) is 2.94. The summed E-state index contributed by atoms with van der Waals surface area (Å²) in [6.07, 6.45) is 0.679. The number of benzene rings is 2. The van der Waals surface area contributed by atoms with Crippen LogP contribution < -0.4 is 15.7 Å². The summed E-state index contributed by atoms with van der Waals surface area (Å²) in [5.41, 5.74) is 2.93. The van der Waals surface area contributed by atoms with E-state index >= 15 is 0 Å². The van der Waals surface area contributed by atoms with Gasteiger partial charge < -0.3 is 20.0 Å². The highest BCUT2D eigenvalue weighted by Gasteiger charge is 2.06. The lowest BCUT2D eigenvalue weighted by Gasteiger charge is -2.07. The fourth-order valence-corrected chi connectivity index (χ4v) is 2.42. The molecule has 0 fully saturated rings. The third-order valence-corrected chi connectivity index (χ3v) is 3.61. The summed E-state index contributed by atoms with van der Waals surface area (Å²) in [6, 6.07) is 12.7. The van der Waals surface area contributed by atoms with Crippen molar-refractivity contribution in [1.29, 1.82) is 0 Å². The summed E-state index contributed by atoms with van der Waals surface area (Å²) < 4.78 is 5.11. The molecule has 23 heavy (non-hydrogen) atoms. The van der Waals surface area contributed by atoms with Crippen LogP contribution in [0.2, 0.25) is 0 Å². The number of carbonyl (C=O) groups excluding carboxylic acids is 1. The van der Waals surface area contributed by atoms with Crippen molar-refractivity contribution in [2.45, 2.75) is 6.42 Å². The second kappa shape index (κ2) is 6.39. The molecule has 0 saturated carbocycles. The minimum absolute atomic E-state index is 0.139. The number of ether oxygens (including phenoxy) is 1. The molecule has 0 radical (unpaired) electrons. The Balaban J connectivity index is 1.61. The molecule has 0 aliphatic carbocycles. The number of aromatic nitrogens is 2. The Labute approximate surface area is 132 Å². The van der Waals surface area contributed by atoms with Crippen LogP contribution in [0.5, 0.6) is 5.75 Å². The number of carbonyl (C=O) groups is 1. The van der Waals surface area contributed by atoms with Crippen molar-refractivity contribution < 1.29 is 9.53 Å². The third kappa shape index (κ3) is 3.42. The van der Waals surface area contributed by atoms with Crippen molar-refractivity contribution in [3.05, 3.63) is 64.1 Å². The molecule has 0 saturated heterocycles. The molecular formula is C17H17N3O3. The lowest BCUT2D eigenvalue weighted by atomic mass is 10.1. The molecular weight excluding hydrogens is 294 g/mol. The Morgan fingerprint density at radius 1 is 1.13 bits per heavy atom. The van der Waals surface area contributed by atoms with Crippen molar-refractivity contribution >= 4 is 16.9 Å². The van der Waals surface area contributed by atoms with E-state index in [9.17, 15) is 9.59 Å². The number of H-pyrrole nitrogens is 2. The van der Waals surface area contributed by atoms with Gasteiger partial charge in [-0.2, -0.15) is 0 Å². The minimum Gasteiger partial charge on any atom is -0.497 e. The minimum atomic E-state index is -0.219. The van der Waals surface area contributed by atoms with E-state index in [1.165, 1.54) is 0 Å². The van der Waals surface area contributed by atoms with Gasteiger partial charge in [-0.15, -0.1) is 0 Å². The number of methoxy groups -OCH3 is 1. The highest BCUT2D eigenvalue weighted by molar-refractivity contribution is 5.94. The molecule has 118 valence electrons. The third-order valence-electron chi connectivity index (χ3n) is 3.61. The summed E-state index contributed by atoms with van der Waals surface area (Å²) >= 11 is 0. The number of hydrogen-bond donors (Lipinski definition) is 3. The molecule has 0 atom stereocenters. The summed E-state index contributed by atoms with van der Waals surface area (Å²) in [5.74, 6) is 0.513. The van der Waals surface area contributed by atoms with Crippen LogP contribution in [0.15, 0.2) is 47.3 Å². The first-order valence-corrected chi connectivity index (χ1v) is 7.29. The smallest absolute Gasteiger partial charge is 0.323 e. The molecule has 3 N–H and O–H groups in total. The fraction of sp³-hybridized carbons (Fsp3) is 0.176. The van der Waals surface area contributed by atoms with Gasteiger partial charge >= 0.3 is 5.69 Å². The number of rotatable bonds is 5. The van der Waals surface area contributed by atoms with Crippen molar-refractivity contribution in [2.24, 2.45) is 0 Å². The van der Waals surface area contributed by atoms with E-state index in [0.717, 1.165) is 16.6 Å². The predicted molar refractivity (Wildman–Crippen MR) is 88.0 cm³/mol. The zero-order chi connectivity index (χ0) is 16.2. The van der Waals surface area contributed by atoms with Gasteiger partial charge in [-0.3, -0.25) is 4.79 Å². The Bertz CT molecular complexity index is 895. The van der Waals surface area contributed by atoms with E-state index < -0.39 is 0 Å². The van der Waals surface area contributed by atoms with Gasteiger partial charge in [0.05, 0.1) is 18.1 Å². The topological polar surface area (TPSA) is 87.0 Å². The van der Waals surface area contributed by atoms with Gasteiger partial charge in [-0.25, -0.2) is 4.79 Å². The lowest BCUT2D eigenvalue weighted by molar-refractivity contribution is 0.0954. The Morgan fingerprint density at radius 3 is 2.78 bits per heavy atom. The number of imidazole rings is 1. The van der Waals surface area contributed by atoms with E-state index in [4.69, 9.17) is 4.74 Å². The first kappa shape index (κ1) is 14.9. The maximum atomic E-state index is 12.1. The number of amides is 1. The Hall–Kier alpha value is -3.02. The van der Waals surface area contributed by atoms with E-state index in [-0.39, 0.29) is 11.6 Å². The van der Waals surface area contributed by atoms with E-state index in [1.54, 1.807) is 31.4 Å². The number of fused-ring (bicyclic) bond motifs is 1. The van der Waals surface area contributed by atoms with Gasteiger partial charge in [-0.05, 0) is 42.3 Å². The van der Waals surface area contributed by atoms with Gasteiger partial charge in [0, 0.05) is 12.1 Å². The predicted octanol–water partition coefficient (Wildman–Crippen LogP) is 1.84. The van der Waals surface area contributed by atoms with Crippen molar-refractivity contribution in [2.75, 3.05) is 13.7 Å². The molecule has 0 aliphatic heterocycles. The van der Waals surface area contributed by atoms with E-state index in [1.807, 2.05) is 18.2 Å². The van der Waals surface area contributed by atoms with Gasteiger partial charge in [0.2, 0.25) is 0 Å². The number of aromatic amines is 2. The van der Waals surface area contributed by atoms with Crippen LogP contribution in [-0.2, 0) is 6.42 Å². The number of nitrogens with one attached hydrogen (secondary N) is 3. The molecule has 0 aliphatic rings. The van der Waals surface area contributed by atoms with E-state index in [2.05, 4.69) is 15.3 Å². The van der Waals surface area contributed by atoms with Gasteiger partial charge in [-0.1, -0.05) is 12.1 Å². The van der Waals surface area contributed by atoms with Crippen LogP contribution in [-0.4, -0.2) is 29.5 Å². The standard InChI is InChI=1S/C17H17N3O3/c1-23-13-4-2-3-12(10-13)16(21)18-8-7-11-5-6-14-15(9-11)20-17(22)19-14/h2-6,9-10H,7-8H2,1H3,(H,18,21)(H2,19,20,22). The van der Waals surface area contributed by atoms with Crippen LogP contribution in [0.1, 0.15) is 15.9 Å². The quantitative estimate of drug-likeness (QED) is 0.672. The highest BCUT2D eigenvalue weighted by atomic mass is 16.5. The normalized spacial score (nSPS) is 10.7. The molecule has 1 amide bonds. The van der Waals surface area contributed by atoms with Crippen molar-refractivity contribution in [3.8, 4) is 5.75 Å². The SMILES string of the molecule is COc1cccc(C(=O)NCCc2ccc3[nH]c(=O)[nH]c3c2)c1. The molecule has 0 unspecified atom stereocenters. The van der Waals surface area contributed by atoms with Gasteiger partial charge in [0.1, 0.15) is 5.75 Å². The molecule has 6 heteroatoms. The summed E-state index contributed by atoms with van der Waals surface area (Å²) in [7, 11) is 1.57. The second-order valence-corrected chi connectivity index (χ2v) is 5.20. The first-order valence-electron chi connectivity index (χ1n) is 7.29. The van der Waals surface area contributed by atoms with Crippen molar-refractivity contribution in [3.63, 3.8) is 0 Å². The summed E-state index contributed by atoms with van der Waals surface area (Å²) in [4.78, 5) is 28.8. The van der Waals surface area contributed by atoms with Crippen LogP contribution in [0, 0.1) is 0 Å². The maximum absolute atomic E-state index is 12.1. The summed E-state index contributed by atoms with van der Waals surface area (Å²) in [5, 5.41) is 2.88. The highest BCUT2D eigenvalue weighted by Crippen LogP contribution is 2.13. The van der Waals surface area contributed by atoms with Crippen molar-refractivity contribution in [1.82, 2.24) is 15.3 Å². The fourth-order valence-electron chi connectivity index (χ4n) is 2.42. The van der Waals surface area contributed by atoms with Gasteiger partial charge in [0.15, 0.2) is 0 Å². The maximum Gasteiger partial charge on any atom is 0.323 e. The summed E-state index contributed by atoms with van der Waals surface area (Å²) in [6.45, 7) is 0.510. The van der Waals surface area contributed by atoms with Crippen LogP contribution in [0.25, 0.3) is 11.0 Å². The molecule has 3 aromatic rings. The number of hydrogen-bond acceptors (Lipinski definition) is 3. The van der Waals surface area contributed by atoms with Crippen LogP contribution >= 0.6 is 0 Å². The zero-order valence-electron chi connectivity index (χ0n) is 12.7. The largest absolute Gasteiger partial charge is 0.497 e. The first-order chi connectivity index (χ1) is 11.2. The molecule has 2 aromatic carbocycles. The van der Waals surface area contributed by atoms with Crippen LogP contribution in [0.4, 0.5) is 0 Å². The average molecular weight is 311 g/mol. The second-order valence-electron chi connectivity index (χ2n) is 5.20. The zero-order valence-corrected chi connectivity index (χ0v) is 12.7. The molecule has 3 rings (SSSR count). The molecule has 0 spiro atoms. The van der Waals surface area contributed by atoms with E-state index in [0.29, 0.717) is 24.3 Å². The molecule has 6 nitrogen and oxygen atoms in total. The van der Waals surface area contributed by atoms with Crippen LogP contribution in [0.3, 0.4) is 0 Å². The lowest BCUT2D eigenvalue weighted by Crippen LogP contribution is -2.25. The van der Waals surface area contributed by atoms with Gasteiger partial charge in [0.25, 0.3) is 5.91 Å². The molecule has 1 heterocycles.